The molecule has 0 N–H and O–H groups in total. The molecular weight excluding hydrogens is 199 g/mol. The Hall–Kier alpha value is 0.234. The van der Waals surface area contributed by atoms with E-state index in [9.17, 15) is 0 Å². The summed E-state index contributed by atoms with van der Waals surface area (Å²) in [5.41, 5.74) is 0. The molecule has 0 radical (unpaired) electrons. The highest BCUT2D eigenvalue weighted by Gasteiger charge is 1.97. The van der Waals surface area contributed by atoms with Crippen LogP contribution in [-0.2, 0) is 0 Å². The van der Waals surface area contributed by atoms with Crippen molar-refractivity contribution in [1.82, 2.24) is 0 Å². The van der Waals surface area contributed by atoms with Crippen molar-refractivity contribution in [3.63, 3.8) is 0 Å². The topological polar surface area (TPSA) is 0 Å². The second kappa shape index (κ2) is 4.18. The molecule has 0 nitrogen and oxygen atoms in total. The molecule has 1 aromatic carbocycles. The van der Waals surface area contributed by atoms with Crippen molar-refractivity contribution in [3.05, 3.63) is 24.3 Å². The van der Waals surface area contributed by atoms with Gasteiger partial charge in [0.15, 0.2) is 17.7 Å². The molecule has 0 aliphatic heterocycles. The van der Waals surface area contributed by atoms with Crippen LogP contribution in [0.2, 0.25) is 0 Å². The van der Waals surface area contributed by atoms with Crippen LogP contribution in [0.15, 0.2) is 24.3 Å². The first-order chi connectivity index (χ1) is 4.88. The van der Waals surface area contributed by atoms with E-state index in [1.54, 1.807) is 0 Å². The predicted octanol–water partition coefficient (Wildman–Crippen LogP) is -0.418. The number of benzene rings is 1. The molecule has 0 aliphatic rings. The molecule has 0 spiro atoms. The molecule has 0 aliphatic carbocycles. The van der Waals surface area contributed by atoms with Crippen LogP contribution in [0.1, 0.15) is 0 Å². The first-order valence-electron chi connectivity index (χ1n) is 3.07. The fraction of sp³-hybridized carbons (Fsp3) is 0. The largest absolute Gasteiger partial charge is 0.170 e. The zero-order chi connectivity index (χ0) is 7.40. The van der Waals surface area contributed by atoms with Crippen molar-refractivity contribution in [1.29, 1.82) is 0 Å². The van der Waals surface area contributed by atoms with Gasteiger partial charge in [0.2, 0.25) is 0 Å². The first kappa shape index (κ1) is 8.33. The maximum atomic E-state index is 5.81. The van der Waals surface area contributed by atoms with Crippen LogP contribution in [0.3, 0.4) is 0 Å². The molecule has 0 heterocycles. The summed E-state index contributed by atoms with van der Waals surface area (Å²) in [6.45, 7) is 0. The van der Waals surface area contributed by atoms with E-state index in [1.807, 2.05) is 12.1 Å². The van der Waals surface area contributed by atoms with E-state index in [1.165, 1.54) is 10.4 Å². The van der Waals surface area contributed by atoms with Gasteiger partial charge in [-0.05, 0) is 10.4 Å². The minimum atomic E-state index is -0.526. The third-order valence-electron chi connectivity index (χ3n) is 1.41. The minimum Gasteiger partial charge on any atom is -0.170 e. The van der Waals surface area contributed by atoms with Crippen LogP contribution in [0.25, 0.3) is 0 Å². The Morgan fingerprint density at radius 3 is 1.60 bits per heavy atom. The molecule has 54 valence electrons. The van der Waals surface area contributed by atoms with Gasteiger partial charge in [-0.1, -0.05) is 24.3 Å². The van der Waals surface area contributed by atoms with Crippen molar-refractivity contribution >= 4 is 50.2 Å². The molecule has 0 aromatic heterocycles. The van der Waals surface area contributed by atoms with E-state index in [4.69, 9.17) is 22.2 Å². The van der Waals surface area contributed by atoms with Crippen LogP contribution >= 0.6 is 22.2 Å². The Labute approximate surface area is 74.6 Å². The SMILES string of the molecule is Cl[SiH2]c1ccccc1[SiH2]Cl. The summed E-state index contributed by atoms with van der Waals surface area (Å²) in [6.07, 6.45) is 0. The lowest BCUT2D eigenvalue weighted by atomic mass is 10.4. The van der Waals surface area contributed by atoms with Gasteiger partial charge in [-0.2, -0.15) is 22.2 Å². The lowest BCUT2D eigenvalue weighted by molar-refractivity contribution is 1.82. The van der Waals surface area contributed by atoms with E-state index < -0.39 is 17.7 Å². The van der Waals surface area contributed by atoms with E-state index in [0.717, 1.165) is 0 Å². The monoisotopic (exact) mass is 206 g/mol. The third-order valence-corrected chi connectivity index (χ3v) is 5.59. The Bertz CT molecular complexity index is 192. The van der Waals surface area contributed by atoms with Gasteiger partial charge in [0.1, 0.15) is 0 Å². The van der Waals surface area contributed by atoms with Crippen LogP contribution in [-0.4, -0.2) is 17.7 Å². The van der Waals surface area contributed by atoms with Crippen molar-refractivity contribution in [2.24, 2.45) is 0 Å². The number of hydrogen-bond acceptors (Lipinski definition) is 0. The number of hydrogen-bond donors (Lipinski definition) is 0. The lowest BCUT2D eigenvalue weighted by Gasteiger charge is -1.99. The average Bonchev–Trinajstić information content (AvgIpc) is 2.04. The smallest absolute Gasteiger partial charge is 0.155 e. The lowest BCUT2D eigenvalue weighted by Crippen LogP contribution is -2.31. The van der Waals surface area contributed by atoms with Gasteiger partial charge in [0.05, 0.1) is 0 Å². The van der Waals surface area contributed by atoms with Crippen LogP contribution in [0.4, 0.5) is 0 Å². The number of rotatable bonds is 2. The first-order valence-corrected chi connectivity index (χ1v) is 8.76. The average molecular weight is 207 g/mol. The molecule has 0 fully saturated rings. The summed E-state index contributed by atoms with van der Waals surface area (Å²) in [7, 11) is -1.05. The minimum absolute atomic E-state index is 0.526. The Kier molecular flexibility index (Phi) is 3.48. The van der Waals surface area contributed by atoms with Crippen molar-refractivity contribution < 1.29 is 0 Å². The molecule has 1 rings (SSSR count). The zero-order valence-electron chi connectivity index (χ0n) is 5.48. The summed E-state index contributed by atoms with van der Waals surface area (Å²) < 4.78 is 0. The fourth-order valence-corrected chi connectivity index (χ4v) is 5.11. The maximum Gasteiger partial charge on any atom is 0.155 e. The fourth-order valence-electron chi connectivity index (χ4n) is 0.818. The molecule has 0 bridgehead atoms. The van der Waals surface area contributed by atoms with Gasteiger partial charge in [-0.25, -0.2) is 0 Å². The summed E-state index contributed by atoms with van der Waals surface area (Å²) in [6, 6.07) is 8.22. The van der Waals surface area contributed by atoms with Crippen LogP contribution < -0.4 is 10.4 Å². The quantitative estimate of drug-likeness (QED) is 0.456. The second-order valence-electron chi connectivity index (χ2n) is 2.04. The molecule has 0 saturated carbocycles. The highest BCUT2D eigenvalue weighted by Crippen LogP contribution is 1.82. The van der Waals surface area contributed by atoms with Crippen molar-refractivity contribution in [3.8, 4) is 0 Å². The van der Waals surface area contributed by atoms with E-state index in [2.05, 4.69) is 12.1 Å². The van der Waals surface area contributed by atoms with Gasteiger partial charge in [-0.15, -0.1) is 0 Å². The van der Waals surface area contributed by atoms with Crippen LogP contribution in [0, 0.1) is 0 Å². The molecule has 10 heavy (non-hydrogen) atoms. The van der Waals surface area contributed by atoms with E-state index >= 15 is 0 Å². The second-order valence-corrected chi connectivity index (χ2v) is 5.70. The Morgan fingerprint density at radius 1 is 0.900 bits per heavy atom. The molecule has 1 aromatic rings. The molecule has 0 saturated heterocycles. The highest BCUT2D eigenvalue weighted by atomic mass is 35.6. The molecule has 0 amide bonds. The predicted molar refractivity (Wildman–Crippen MR) is 54.5 cm³/mol. The summed E-state index contributed by atoms with van der Waals surface area (Å²) in [5.74, 6) is 0. The third kappa shape index (κ3) is 1.86. The Morgan fingerprint density at radius 2 is 1.30 bits per heavy atom. The molecule has 4 heteroatoms. The van der Waals surface area contributed by atoms with Crippen LogP contribution in [0.5, 0.6) is 0 Å². The molecular formula is C6H8Cl2Si2. The van der Waals surface area contributed by atoms with Gasteiger partial charge in [0, 0.05) is 0 Å². The highest BCUT2D eigenvalue weighted by molar-refractivity contribution is 7.07. The maximum absolute atomic E-state index is 5.81. The zero-order valence-corrected chi connectivity index (χ0v) is 9.82. The van der Waals surface area contributed by atoms with E-state index in [-0.39, 0.29) is 0 Å². The summed E-state index contributed by atoms with van der Waals surface area (Å²) in [5, 5.41) is 2.65. The van der Waals surface area contributed by atoms with Gasteiger partial charge in [0.25, 0.3) is 0 Å². The van der Waals surface area contributed by atoms with E-state index in [0.29, 0.717) is 0 Å². The normalized spacial score (nSPS) is 12.2. The van der Waals surface area contributed by atoms with Crippen molar-refractivity contribution in [2.75, 3.05) is 0 Å². The number of halogens is 2. The van der Waals surface area contributed by atoms with Crippen molar-refractivity contribution in [2.45, 2.75) is 0 Å². The summed E-state index contributed by atoms with van der Waals surface area (Å²) in [4.78, 5) is 0. The van der Waals surface area contributed by atoms with Gasteiger partial charge >= 0.3 is 0 Å². The Balaban J connectivity index is 2.96. The summed E-state index contributed by atoms with van der Waals surface area (Å²) >= 11 is 11.6. The molecule has 0 unspecified atom stereocenters. The standard InChI is InChI=1S/C6H8Cl2Si2/c7-9-5-3-1-2-4-6(5)10-8/h1-4H,9-10H2. The van der Waals surface area contributed by atoms with Gasteiger partial charge < -0.3 is 0 Å². The molecule has 0 atom stereocenters. The van der Waals surface area contributed by atoms with Gasteiger partial charge in [-0.3, -0.25) is 0 Å².